The van der Waals surface area contributed by atoms with Gasteiger partial charge in [-0.2, -0.15) is 0 Å². The minimum absolute atomic E-state index is 0.0374. The van der Waals surface area contributed by atoms with Crippen LogP contribution < -0.4 is 5.32 Å². The highest BCUT2D eigenvalue weighted by atomic mass is 16.6. The number of hydrogen-bond acceptors (Lipinski definition) is 7. The van der Waals surface area contributed by atoms with Crippen LogP contribution in [0.25, 0.3) is 0 Å². The van der Waals surface area contributed by atoms with Gasteiger partial charge in [-0.1, -0.05) is 5.16 Å². The van der Waals surface area contributed by atoms with Crippen LogP contribution in [0.5, 0.6) is 0 Å². The van der Waals surface area contributed by atoms with E-state index < -0.39 is 4.92 Å². The lowest BCUT2D eigenvalue weighted by atomic mass is 10.1. The SMILES string of the molecule is Cc1noc(C)c1CC(=O)N1CC[C@H](Nc2ccc([N+](=O)[O-])cn2)C1. The zero-order chi connectivity index (χ0) is 18.0. The Kier molecular flexibility index (Phi) is 4.64. The summed E-state index contributed by atoms with van der Waals surface area (Å²) in [7, 11) is 0. The number of hydrogen-bond donors (Lipinski definition) is 1. The van der Waals surface area contributed by atoms with Crippen LogP contribution >= 0.6 is 0 Å². The van der Waals surface area contributed by atoms with Crippen molar-refractivity contribution < 1.29 is 14.2 Å². The third-order valence-electron chi connectivity index (χ3n) is 4.36. The summed E-state index contributed by atoms with van der Waals surface area (Å²) in [4.78, 5) is 28.5. The maximum atomic E-state index is 12.5. The minimum atomic E-state index is -0.485. The lowest BCUT2D eigenvalue weighted by Gasteiger charge is -2.17. The highest BCUT2D eigenvalue weighted by Crippen LogP contribution is 2.19. The topological polar surface area (TPSA) is 114 Å². The molecule has 9 nitrogen and oxygen atoms in total. The van der Waals surface area contributed by atoms with Gasteiger partial charge in [0.1, 0.15) is 17.8 Å². The molecule has 1 saturated heterocycles. The number of likely N-dealkylation sites (tertiary alicyclic amines) is 1. The molecule has 2 aromatic rings. The highest BCUT2D eigenvalue weighted by molar-refractivity contribution is 5.79. The van der Waals surface area contributed by atoms with Gasteiger partial charge in [-0.05, 0) is 26.3 Å². The molecule has 0 radical (unpaired) electrons. The summed E-state index contributed by atoms with van der Waals surface area (Å²) in [6.07, 6.45) is 2.30. The summed E-state index contributed by atoms with van der Waals surface area (Å²) in [5.41, 5.74) is 1.54. The molecule has 0 unspecified atom stereocenters. The Morgan fingerprint density at radius 3 is 2.88 bits per heavy atom. The molecule has 25 heavy (non-hydrogen) atoms. The number of amides is 1. The van der Waals surface area contributed by atoms with Gasteiger partial charge < -0.3 is 14.7 Å². The van der Waals surface area contributed by atoms with Gasteiger partial charge in [-0.3, -0.25) is 14.9 Å². The molecule has 1 amide bonds. The predicted octanol–water partition coefficient (Wildman–Crippen LogP) is 1.85. The predicted molar refractivity (Wildman–Crippen MR) is 89.2 cm³/mol. The normalized spacial score (nSPS) is 16.9. The van der Waals surface area contributed by atoms with Crippen LogP contribution in [0.2, 0.25) is 0 Å². The second-order valence-corrected chi connectivity index (χ2v) is 6.11. The first kappa shape index (κ1) is 16.9. The van der Waals surface area contributed by atoms with Crippen molar-refractivity contribution in [3.05, 3.63) is 45.5 Å². The number of nitrogens with one attached hydrogen (secondary N) is 1. The van der Waals surface area contributed by atoms with E-state index in [0.717, 1.165) is 17.7 Å². The monoisotopic (exact) mass is 345 g/mol. The molecule has 0 saturated carbocycles. The Bertz CT molecular complexity index is 767. The zero-order valence-electron chi connectivity index (χ0n) is 14.1. The molecule has 132 valence electrons. The number of nitro groups is 1. The molecule has 1 aliphatic heterocycles. The number of anilines is 1. The second-order valence-electron chi connectivity index (χ2n) is 6.11. The van der Waals surface area contributed by atoms with E-state index in [1.165, 1.54) is 12.3 Å². The third-order valence-corrected chi connectivity index (χ3v) is 4.36. The molecule has 1 fully saturated rings. The third kappa shape index (κ3) is 3.76. The van der Waals surface area contributed by atoms with E-state index in [1.54, 1.807) is 17.9 Å². The summed E-state index contributed by atoms with van der Waals surface area (Å²) in [5.74, 6) is 1.28. The summed E-state index contributed by atoms with van der Waals surface area (Å²) in [6, 6.07) is 3.06. The highest BCUT2D eigenvalue weighted by Gasteiger charge is 2.27. The van der Waals surface area contributed by atoms with Gasteiger partial charge in [0.2, 0.25) is 5.91 Å². The number of carbonyl (C=O) groups is 1. The average molecular weight is 345 g/mol. The van der Waals surface area contributed by atoms with Crippen molar-refractivity contribution in [3.8, 4) is 0 Å². The summed E-state index contributed by atoms with van der Waals surface area (Å²) in [6.45, 7) is 4.86. The van der Waals surface area contributed by atoms with Crippen molar-refractivity contribution in [2.75, 3.05) is 18.4 Å². The molecule has 1 N–H and O–H groups in total. The fraction of sp³-hybridized carbons (Fsp3) is 0.438. The van der Waals surface area contributed by atoms with Gasteiger partial charge >= 0.3 is 0 Å². The van der Waals surface area contributed by atoms with Gasteiger partial charge in [0.05, 0.1) is 17.0 Å². The Morgan fingerprint density at radius 1 is 1.48 bits per heavy atom. The molecular formula is C16H19N5O4. The molecule has 0 aliphatic carbocycles. The van der Waals surface area contributed by atoms with E-state index in [0.29, 0.717) is 24.7 Å². The van der Waals surface area contributed by atoms with E-state index in [1.807, 2.05) is 6.92 Å². The van der Waals surface area contributed by atoms with Crippen LogP contribution in [-0.4, -0.2) is 45.0 Å². The Hall–Kier alpha value is -2.97. The maximum absolute atomic E-state index is 12.5. The first-order valence-corrected chi connectivity index (χ1v) is 8.00. The molecule has 0 aromatic carbocycles. The van der Waals surface area contributed by atoms with Crippen molar-refractivity contribution in [3.63, 3.8) is 0 Å². The maximum Gasteiger partial charge on any atom is 0.287 e. The second kappa shape index (κ2) is 6.88. The van der Waals surface area contributed by atoms with Crippen molar-refractivity contribution in [1.82, 2.24) is 15.0 Å². The number of rotatable bonds is 5. The van der Waals surface area contributed by atoms with Crippen LogP contribution in [0.1, 0.15) is 23.4 Å². The number of carbonyl (C=O) groups excluding carboxylic acids is 1. The van der Waals surface area contributed by atoms with Gasteiger partial charge in [0.25, 0.3) is 5.69 Å². The number of aryl methyl sites for hydroxylation is 2. The van der Waals surface area contributed by atoms with Gasteiger partial charge in [0, 0.05) is 30.8 Å². The quantitative estimate of drug-likeness (QED) is 0.649. The first-order chi connectivity index (χ1) is 11.9. The molecule has 3 heterocycles. The Morgan fingerprint density at radius 2 is 2.28 bits per heavy atom. The van der Waals surface area contributed by atoms with Gasteiger partial charge in [-0.15, -0.1) is 0 Å². The number of aromatic nitrogens is 2. The number of pyridine rings is 1. The van der Waals surface area contributed by atoms with Gasteiger partial charge in [-0.25, -0.2) is 4.98 Å². The minimum Gasteiger partial charge on any atom is -0.365 e. The van der Waals surface area contributed by atoms with Crippen molar-refractivity contribution >= 4 is 17.4 Å². The van der Waals surface area contributed by atoms with E-state index in [4.69, 9.17) is 4.52 Å². The van der Waals surface area contributed by atoms with Crippen LogP contribution in [0.4, 0.5) is 11.5 Å². The summed E-state index contributed by atoms with van der Waals surface area (Å²) < 4.78 is 5.10. The summed E-state index contributed by atoms with van der Waals surface area (Å²) in [5, 5.41) is 17.7. The lowest BCUT2D eigenvalue weighted by Crippen LogP contribution is -2.33. The van der Waals surface area contributed by atoms with E-state index in [9.17, 15) is 14.9 Å². The van der Waals surface area contributed by atoms with Crippen LogP contribution in [-0.2, 0) is 11.2 Å². The van der Waals surface area contributed by atoms with E-state index in [-0.39, 0.29) is 24.1 Å². The van der Waals surface area contributed by atoms with E-state index in [2.05, 4.69) is 15.5 Å². The fourth-order valence-corrected chi connectivity index (χ4v) is 2.91. The Balaban J connectivity index is 1.56. The van der Waals surface area contributed by atoms with Gasteiger partial charge in [0.15, 0.2) is 0 Å². The van der Waals surface area contributed by atoms with E-state index >= 15 is 0 Å². The largest absolute Gasteiger partial charge is 0.365 e. The zero-order valence-corrected chi connectivity index (χ0v) is 14.1. The molecule has 1 aliphatic rings. The lowest BCUT2D eigenvalue weighted by molar-refractivity contribution is -0.385. The molecule has 3 rings (SSSR count). The number of nitrogens with zero attached hydrogens (tertiary/aromatic N) is 4. The Labute approximate surface area is 144 Å². The smallest absolute Gasteiger partial charge is 0.287 e. The van der Waals surface area contributed by atoms with Crippen molar-refractivity contribution in [1.29, 1.82) is 0 Å². The fourth-order valence-electron chi connectivity index (χ4n) is 2.91. The first-order valence-electron chi connectivity index (χ1n) is 8.00. The molecule has 0 bridgehead atoms. The molecule has 9 heteroatoms. The van der Waals surface area contributed by atoms with Crippen LogP contribution in [0.15, 0.2) is 22.9 Å². The summed E-state index contributed by atoms with van der Waals surface area (Å²) >= 11 is 0. The van der Waals surface area contributed by atoms with Crippen molar-refractivity contribution in [2.45, 2.75) is 32.7 Å². The van der Waals surface area contributed by atoms with Crippen LogP contribution in [0.3, 0.4) is 0 Å². The standard InChI is InChI=1S/C16H19N5O4/c1-10-14(11(2)25-19-10)7-16(22)20-6-5-12(9-20)18-15-4-3-13(8-17-15)21(23)24/h3-4,8,12H,5-7,9H2,1-2H3,(H,17,18)/t12-/m0/s1. The molecule has 2 aromatic heterocycles. The van der Waals surface area contributed by atoms with Crippen molar-refractivity contribution in [2.24, 2.45) is 0 Å². The average Bonchev–Trinajstić information content (AvgIpc) is 3.17. The molecule has 1 atom stereocenters. The molecule has 0 spiro atoms. The van der Waals surface area contributed by atoms with Crippen LogP contribution in [0, 0.1) is 24.0 Å². The molecular weight excluding hydrogens is 326 g/mol.